The minimum absolute atomic E-state index is 0.194. The van der Waals surface area contributed by atoms with E-state index >= 15 is 0 Å². The Bertz CT molecular complexity index is 414. The first-order valence-corrected chi connectivity index (χ1v) is 6.32. The number of alkyl halides is 3. The van der Waals surface area contributed by atoms with Gasteiger partial charge in [-0.2, -0.15) is 13.2 Å². The highest BCUT2D eigenvalue weighted by atomic mass is 19.4. The fourth-order valence-corrected chi connectivity index (χ4v) is 1.62. The molecule has 1 unspecified atom stereocenters. The zero-order chi connectivity index (χ0) is 15.5. The van der Waals surface area contributed by atoms with Crippen LogP contribution in [0.15, 0.2) is 18.2 Å². The highest BCUT2D eigenvalue weighted by molar-refractivity contribution is 5.40. The van der Waals surface area contributed by atoms with E-state index in [9.17, 15) is 18.3 Å². The molecule has 6 heteroatoms. The second kappa shape index (κ2) is 6.35. The molecular weight excluding hydrogens is 273 g/mol. The molecule has 1 N–H and O–H groups in total. The lowest BCUT2D eigenvalue weighted by molar-refractivity contribution is -0.206. The Morgan fingerprint density at radius 3 is 1.60 bits per heavy atom. The first-order valence-electron chi connectivity index (χ1n) is 6.32. The molecule has 0 amide bonds. The second-order valence-corrected chi connectivity index (χ2v) is 5.02. The molecule has 1 aromatic carbocycles. The minimum Gasteiger partial charge on any atom is -0.491 e. The molecule has 0 saturated carbocycles. The third-order valence-electron chi connectivity index (χ3n) is 2.27. The first kappa shape index (κ1) is 16.6. The summed E-state index contributed by atoms with van der Waals surface area (Å²) in [5.74, 6) is 0.466. The third-order valence-corrected chi connectivity index (χ3v) is 2.27. The van der Waals surface area contributed by atoms with E-state index < -0.39 is 12.3 Å². The molecule has 0 saturated heterocycles. The summed E-state index contributed by atoms with van der Waals surface area (Å²) < 4.78 is 48.5. The Hall–Kier alpha value is -1.43. The minimum atomic E-state index is -4.73. The van der Waals surface area contributed by atoms with Gasteiger partial charge in [0.15, 0.2) is 6.10 Å². The summed E-state index contributed by atoms with van der Waals surface area (Å²) in [5, 5.41) is 9.34. The molecule has 20 heavy (non-hydrogen) atoms. The van der Waals surface area contributed by atoms with Gasteiger partial charge in [0.1, 0.15) is 11.5 Å². The number of aliphatic hydroxyl groups is 1. The molecule has 1 aromatic rings. The Morgan fingerprint density at radius 1 is 0.900 bits per heavy atom. The summed E-state index contributed by atoms with van der Waals surface area (Å²) >= 11 is 0. The Balaban J connectivity index is 3.15. The van der Waals surface area contributed by atoms with E-state index in [4.69, 9.17) is 9.47 Å². The van der Waals surface area contributed by atoms with E-state index in [-0.39, 0.29) is 29.3 Å². The molecule has 0 bridgehead atoms. The standard InChI is InChI=1S/C14H19F3O3/c1-8(2)19-11-5-10(13(18)14(15,16)17)6-12(7-11)20-9(3)4/h5-9,13,18H,1-4H3. The number of hydrogen-bond donors (Lipinski definition) is 1. The van der Waals surface area contributed by atoms with E-state index in [1.165, 1.54) is 18.2 Å². The van der Waals surface area contributed by atoms with Crippen LogP contribution in [0.4, 0.5) is 13.2 Å². The lowest BCUT2D eigenvalue weighted by atomic mass is 10.1. The molecule has 0 heterocycles. The fourth-order valence-electron chi connectivity index (χ4n) is 1.62. The van der Waals surface area contributed by atoms with Crippen LogP contribution in [0.25, 0.3) is 0 Å². The smallest absolute Gasteiger partial charge is 0.418 e. The van der Waals surface area contributed by atoms with Crippen LogP contribution in [0.1, 0.15) is 39.4 Å². The maximum absolute atomic E-state index is 12.6. The zero-order valence-electron chi connectivity index (χ0n) is 11.9. The molecule has 0 spiro atoms. The van der Waals surface area contributed by atoms with Crippen LogP contribution < -0.4 is 9.47 Å². The van der Waals surface area contributed by atoms with Crippen LogP contribution in [0.5, 0.6) is 11.5 Å². The Morgan fingerprint density at radius 2 is 1.30 bits per heavy atom. The van der Waals surface area contributed by atoms with Crippen molar-refractivity contribution in [1.29, 1.82) is 0 Å². The highest BCUT2D eigenvalue weighted by Crippen LogP contribution is 2.36. The van der Waals surface area contributed by atoms with Gasteiger partial charge in [-0.1, -0.05) is 0 Å². The predicted molar refractivity (Wildman–Crippen MR) is 69.0 cm³/mol. The van der Waals surface area contributed by atoms with Crippen LogP contribution in [-0.4, -0.2) is 23.5 Å². The van der Waals surface area contributed by atoms with Gasteiger partial charge in [0.05, 0.1) is 12.2 Å². The van der Waals surface area contributed by atoms with Gasteiger partial charge in [-0.3, -0.25) is 0 Å². The van der Waals surface area contributed by atoms with Gasteiger partial charge < -0.3 is 14.6 Å². The monoisotopic (exact) mass is 292 g/mol. The topological polar surface area (TPSA) is 38.7 Å². The van der Waals surface area contributed by atoms with Crippen molar-refractivity contribution in [2.45, 2.75) is 52.2 Å². The third kappa shape index (κ3) is 4.92. The normalized spacial score (nSPS) is 13.7. The molecule has 0 aliphatic carbocycles. The van der Waals surface area contributed by atoms with E-state index in [2.05, 4.69) is 0 Å². The van der Waals surface area contributed by atoms with Crippen molar-refractivity contribution in [1.82, 2.24) is 0 Å². The summed E-state index contributed by atoms with van der Waals surface area (Å²) in [6.45, 7) is 7.04. The predicted octanol–water partition coefficient (Wildman–Crippen LogP) is 3.86. The maximum atomic E-state index is 12.6. The molecule has 1 atom stereocenters. The van der Waals surface area contributed by atoms with Crippen LogP contribution in [0.2, 0.25) is 0 Å². The molecule has 0 fully saturated rings. The van der Waals surface area contributed by atoms with Gasteiger partial charge >= 0.3 is 6.18 Å². The van der Waals surface area contributed by atoms with Crippen molar-refractivity contribution in [3.8, 4) is 11.5 Å². The van der Waals surface area contributed by atoms with E-state index in [1.54, 1.807) is 27.7 Å². The van der Waals surface area contributed by atoms with Crippen LogP contribution in [0, 0.1) is 0 Å². The second-order valence-electron chi connectivity index (χ2n) is 5.02. The summed E-state index contributed by atoms with van der Waals surface area (Å²) in [6, 6.07) is 3.85. The van der Waals surface area contributed by atoms with Gasteiger partial charge in [-0.05, 0) is 45.4 Å². The van der Waals surface area contributed by atoms with E-state index in [1.807, 2.05) is 0 Å². The number of ether oxygens (including phenoxy) is 2. The molecule has 1 rings (SSSR count). The average Bonchev–Trinajstić information content (AvgIpc) is 2.24. The van der Waals surface area contributed by atoms with Gasteiger partial charge in [-0.25, -0.2) is 0 Å². The molecule has 0 aromatic heterocycles. The van der Waals surface area contributed by atoms with Crippen molar-refractivity contribution in [2.24, 2.45) is 0 Å². The van der Waals surface area contributed by atoms with Crippen LogP contribution in [-0.2, 0) is 0 Å². The molecule has 0 radical (unpaired) electrons. The van der Waals surface area contributed by atoms with Crippen molar-refractivity contribution in [2.75, 3.05) is 0 Å². The molecule has 0 aliphatic heterocycles. The number of rotatable bonds is 5. The first-order chi connectivity index (χ1) is 9.09. The fraction of sp³-hybridized carbons (Fsp3) is 0.571. The van der Waals surface area contributed by atoms with Crippen molar-refractivity contribution in [3.05, 3.63) is 23.8 Å². The van der Waals surface area contributed by atoms with Gasteiger partial charge in [0, 0.05) is 6.07 Å². The number of halogens is 3. The Labute approximate surface area is 116 Å². The quantitative estimate of drug-likeness (QED) is 0.895. The summed E-state index contributed by atoms with van der Waals surface area (Å²) in [6.07, 6.45) is -7.68. The molecular formula is C14H19F3O3. The van der Waals surface area contributed by atoms with Crippen LogP contribution >= 0.6 is 0 Å². The number of aliphatic hydroxyl groups excluding tert-OH is 1. The van der Waals surface area contributed by atoms with Crippen molar-refractivity contribution < 1.29 is 27.8 Å². The highest BCUT2D eigenvalue weighted by Gasteiger charge is 2.39. The maximum Gasteiger partial charge on any atom is 0.418 e. The van der Waals surface area contributed by atoms with Gasteiger partial charge in [-0.15, -0.1) is 0 Å². The van der Waals surface area contributed by atoms with Crippen LogP contribution in [0.3, 0.4) is 0 Å². The SMILES string of the molecule is CC(C)Oc1cc(OC(C)C)cc(C(O)C(F)(F)F)c1. The van der Waals surface area contributed by atoms with Gasteiger partial charge in [0.25, 0.3) is 0 Å². The van der Waals surface area contributed by atoms with Crippen molar-refractivity contribution >= 4 is 0 Å². The van der Waals surface area contributed by atoms with E-state index in [0.29, 0.717) is 0 Å². The van der Waals surface area contributed by atoms with Crippen molar-refractivity contribution in [3.63, 3.8) is 0 Å². The molecule has 0 aliphatic rings. The lowest BCUT2D eigenvalue weighted by Gasteiger charge is -2.19. The molecule has 3 nitrogen and oxygen atoms in total. The zero-order valence-corrected chi connectivity index (χ0v) is 11.9. The Kier molecular flexibility index (Phi) is 5.28. The number of hydrogen-bond acceptors (Lipinski definition) is 3. The summed E-state index contributed by atoms with van der Waals surface area (Å²) in [4.78, 5) is 0. The average molecular weight is 292 g/mol. The molecule has 114 valence electrons. The lowest BCUT2D eigenvalue weighted by Crippen LogP contribution is -2.20. The van der Waals surface area contributed by atoms with E-state index in [0.717, 1.165) is 0 Å². The summed E-state index contributed by atoms with van der Waals surface area (Å²) in [7, 11) is 0. The largest absolute Gasteiger partial charge is 0.491 e. The van der Waals surface area contributed by atoms with Gasteiger partial charge in [0.2, 0.25) is 0 Å². The summed E-state index contributed by atoms with van der Waals surface area (Å²) in [5.41, 5.74) is -0.300. The number of benzene rings is 1.